The van der Waals surface area contributed by atoms with Gasteiger partial charge in [0.1, 0.15) is 5.82 Å². The van der Waals surface area contributed by atoms with Gasteiger partial charge in [-0.25, -0.2) is 9.97 Å². The SMILES string of the molecule is CCc1ncc(C(=O)N2CCC3(OC)CCC(OCC4CC4)CC23)cn1. The number of rotatable bonds is 6. The van der Waals surface area contributed by atoms with E-state index in [1.807, 2.05) is 11.8 Å². The highest BCUT2D eigenvalue weighted by Crippen LogP contribution is 2.44. The lowest BCUT2D eigenvalue weighted by molar-refractivity contribution is -0.0977. The molecule has 2 saturated carbocycles. The van der Waals surface area contributed by atoms with Crippen LogP contribution in [0.15, 0.2) is 12.4 Å². The Morgan fingerprint density at radius 2 is 2.04 bits per heavy atom. The lowest BCUT2D eigenvalue weighted by Crippen LogP contribution is -2.53. The molecule has 6 nitrogen and oxygen atoms in total. The average molecular weight is 359 g/mol. The maximum absolute atomic E-state index is 13.1. The van der Waals surface area contributed by atoms with Gasteiger partial charge in [-0.3, -0.25) is 4.79 Å². The van der Waals surface area contributed by atoms with E-state index in [0.29, 0.717) is 5.56 Å². The van der Waals surface area contributed by atoms with Crippen molar-refractivity contribution in [3.05, 3.63) is 23.8 Å². The van der Waals surface area contributed by atoms with Gasteiger partial charge in [0.2, 0.25) is 0 Å². The van der Waals surface area contributed by atoms with E-state index >= 15 is 0 Å². The molecule has 0 radical (unpaired) electrons. The number of likely N-dealkylation sites (tertiary alicyclic amines) is 1. The molecule has 142 valence electrons. The molecule has 2 aliphatic carbocycles. The molecular formula is C20H29N3O3. The standard InChI is InChI=1S/C20H29N3O3/c1-3-18-21-11-15(12-22-18)19(24)23-9-8-20(25-2)7-6-16(10-17(20)23)26-13-14-4-5-14/h11-12,14,16-17H,3-10,13H2,1-2H3. The highest BCUT2D eigenvalue weighted by Gasteiger charge is 2.53. The Bertz CT molecular complexity index is 646. The van der Waals surface area contributed by atoms with Crippen LogP contribution < -0.4 is 0 Å². The summed E-state index contributed by atoms with van der Waals surface area (Å²) in [6.07, 6.45) is 10.7. The quantitative estimate of drug-likeness (QED) is 0.781. The van der Waals surface area contributed by atoms with E-state index in [2.05, 4.69) is 9.97 Å². The van der Waals surface area contributed by atoms with E-state index in [0.717, 1.165) is 57.0 Å². The number of methoxy groups -OCH3 is 1. The van der Waals surface area contributed by atoms with Crippen molar-refractivity contribution in [3.8, 4) is 0 Å². The van der Waals surface area contributed by atoms with E-state index < -0.39 is 0 Å². The van der Waals surface area contributed by atoms with Gasteiger partial charge >= 0.3 is 0 Å². The average Bonchev–Trinajstić information content (AvgIpc) is 3.45. The second-order valence-corrected chi connectivity index (χ2v) is 7.95. The summed E-state index contributed by atoms with van der Waals surface area (Å²) in [4.78, 5) is 23.6. The summed E-state index contributed by atoms with van der Waals surface area (Å²) in [6, 6.07) is 0.0730. The zero-order valence-electron chi connectivity index (χ0n) is 15.8. The fourth-order valence-electron chi connectivity index (χ4n) is 4.43. The molecule has 1 aliphatic heterocycles. The largest absolute Gasteiger partial charge is 0.378 e. The van der Waals surface area contributed by atoms with Gasteiger partial charge in [-0.2, -0.15) is 0 Å². The third-order valence-electron chi connectivity index (χ3n) is 6.34. The molecule has 1 aromatic heterocycles. The normalized spacial score (nSPS) is 31.1. The second-order valence-electron chi connectivity index (χ2n) is 7.95. The highest BCUT2D eigenvalue weighted by atomic mass is 16.5. The van der Waals surface area contributed by atoms with Gasteiger partial charge in [-0.15, -0.1) is 0 Å². The molecular weight excluding hydrogens is 330 g/mol. The number of nitrogens with zero attached hydrogens (tertiary/aromatic N) is 3. The lowest BCUT2D eigenvalue weighted by Gasteiger charge is -2.43. The summed E-state index contributed by atoms with van der Waals surface area (Å²) >= 11 is 0. The maximum atomic E-state index is 13.1. The van der Waals surface area contributed by atoms with Crippen LogP contribution in [0.4, 0.5) is 0 Å². The van der Waals surface area contributed by atoms with E-state index in [1.165, 1.54) is 12.8 Å². The third-order valence-corrected chi connectivity index (χ3v) is 6.34. The predicted molar refractivity (Wildman–Crippen MR) is 96.9 cm³/mol. The van der Waals surface area contributed by atoms with Crippen molar-refractivity contribution in [1.29, 1.82) is 0 Å². The number of fused-ring (bicyclic) bond motifs is 1. The molecule has 3 atom stereocenters. The first-order valence-electron chi connectivity index (χ1n) is 9.94. The Hall–Kier alpha value is -1.53. The van der Waals surface area contributed by atoms with Crippen LogP contribution in [-0.4, -0.2) is 58.8 Å². The third kappa shape index (κ3) is 3.37. The Balaban J connectivity index is 1.48. The topological polar surface area (TPSA) is 64.6 Å². The van der Waals surface area contributed by atoms with Gasteiger partial charge in [-0.1, -0.05) is 6.92 Å². The molecule has 4 rings (SSSR count). The van der Waals surface area contributed by atoms with Gasteiger partial charge in [0.15, 0.2) is 0 Å². The number of carbonyl (C=O) groups excluding carboxylic acids is 1. The number of amides is 1. The van der Waals surface area contributed by atoms with Crippen LogP contribution in [0.3, 0.4) is 0 Å². The molecule has 0 aromatic carbocycles. The first-order valence-corrected chi connectivity index (χ1v) is 9.94. The zero-order valence-corrected chi connectivity index (χ0v) is 15.8. The Kier molecular flexibility index (Phi) is 4.97. The molecule has 3 fully saturated rings. The summed E-state index contributed by atoms with van der Waals surface area (Å²) < 4.78 is 12.1. The first kappa shape index (κ1) is 17.9. The van der Waals surface area contributed by atoms with Gasteiger partial charge in [-0.05, 0) is 44.4 Å². The summed E-state index contributed by atoms with van der Waals surface area (Å²) in [5.74, 6) is 1.54. The number of hydrogen-bond donors (Lipinski definition) is 0. The van der Waals surface area contributed by atoms with Gasteiger partial charge in [0.05, 0.1) is 23.3 Å². The molecule has 6 heteroatoms. The van der Waals surface area contributed by atoms with Crippen molar-refractivity contribution < 1.29 is 14.3 Å². The van der Waals surface area contributed by atoms with Crippen molar-refractivity contribution in [3.63, 3.8) is 0 Å². The Morgan fingerprint density at radius 3 is 2.69 bits per heavy atom. The van der Waals surface area contributed by atoms with Crippen LogP contribution >= 0.6 is 0 Å². The summed E-state index contributed by atoms with van der Waals surface area (Å²) in [5, 5.41) is 0. The second kappa shape index (κ2) is 7.24. The van der Waals surface area contributed by atoms with Crippen molar-refractivity contribution in [2.75, 3.05) is 20.3 Å². The molecule has 3 aliphatic rings. The maximum Gasteiger partial charge on any atom is 0.257 e. The molecule has 26 heavy (non-hydrogen) atoms. The minimum absolute atomic E-state index is 0.0134. The van der Waals surface area contributed by atoms with Gasteiger partial charge < -0.3 is 14.4 Å². The van der Waals surface area contributed by atoms with Crippen LogP contribution in [-0.2, 0) is 15.9 Å². The van der Waals surface area contributed by atoms with Crippen molar-refractivity contribution in [2.45, 2.75) is 69.6 Å². The van der Waals surface area contributed by atoms with E-state index in [1.54, 1.807) is 19.5 Å². The van der Waals surface area contributed by atoms with Crippen LogP contribution in [0, 0.1) is 5.92 Å². The zero-order chi connectivity index (χ0) is 18.1. The minimum atomic E-state index is -0.223. The Morgan fingerprint density at radius 1 is 1.27 bits per heavy atom. The molecule has 2 heterocycles. The van der Waals surface area contributed by atoms with E-state index in [9.17, 15) is 4.79 Å². The van der Waals surface area contributed by atoms with Crippen molar-refractivity contribution >= 4 is 5.91 Å². The van der Waals surface area contributed by atoms with Crippen LogP contribution in [0.5, 0.6) is 0 Å². The van der Waals surface area contributed by atoms with Crippen LogP contribution in [0.1, 0.15) is 61.6 Å². The lowest BCUT2D eigenvalue weighted by atomic mass is 9.79. The van der Waals surface area contributed by atoms with Crippen LogP contribution in [0.25, 0.3) is 0 Å². The Labute approximate surface area is 155 Å². The van der Waals surface area contributed by atoms with Crippen molar-refractivity contribution in [1.82, 2.24) is 14.9 Å². The van der Waals surface area contributed by atoms with Crippen LogP contribution in [0.2, 0.25) is 0 Å². The van der Waals surface area contributed by atoms with E-state index in [4.69, 9.17) is 9.47 Å². The molecule has 0 N–H and O–H groups in total. The monoisotopic (exact) mass is 359 g/mol. The number of carbonyl (C=O) groups is 1. The molecule has 0 bridgehead atoms. The highest BCUT2D eigenvalue weighted by molar-refractivity contribution is 5.94. The van der Waals surface area contributed by atoms with Crippen molar-refractivity contribution in [2.24, 2.45) is 5.92 Å². The fraction of sp³-hybridized carbons (Fsp3) is 0.750. The summed E-state index contributed by atoms with van der Waals surface area (Å²) in [5.41, 5.74) is 0.342. The summed E-state index contributed by atoms with van der Waals surface area (Å²) in [7, 11) is 1.78. The van der Waals surface area contributed by atoms with E-state index in [-0.39, 0.29) is 23.7 Å². The van der Waals surface area contributed by atoms with Gasteiger partial charge in [0, 0.05) is 39.1 Å². The minimum Gasteiger partial charge on any atom is -0.378 e. The molecule has 1 amide bonds. The molecule has 3 unspecified atom stereocenters. The fourth-order valence-corrected chi connectivity index (χ4v) is 4.43. The molecule has 1 aromatic rings. The number of aromatic nitrogens is 2. The molecule has 0 spiro atoms. The molecule has 1 saturated heterocycles. The van der Waals surface area contributed by atoms with Gasteiger partial charge in [0.25, 0.3) is 5.91 Å². The smallest absolute Gasteiger partial charge is 0.257 e. The number of aryl methyl sites for hydroxylation is 1. The first-order chi connectivity index (χ1) is 12.6. The number of hydrogen-bond acceptors (Lipinski definition) is 5. The summed E-state index contributed by atoms with van der Waals surface area (Å²) in [6.45, 7) is 3.61. The predicted octanol–water partition coefficient (Wildman–Crippen LogP) is 2.62. The number of ether oxygens (including phenoxy) is 2.